The second kappa shape index (κ2) is 4.88. The van der Waals surface area contributed by atoms with Crippen molar-refractivity contribution in [3.05, 3.63) is 0 Å². The molecule has 1 aliphatic heterocycles. The first kappa shape index (κ1) is 13.3. The van der Waals surface area contributed by atoms with E-state index in [1.54, 1.807) is 6.92 Å². The number of aliphatic carboxylic acids is 1. The predicted octanol–water partition coefficient (Wildman–Crippen LogP) is 1.17. The lowest BCUT2D eigenvalue weighted by atomic mass is 9.92. The Kier molecular flexibility index (Phi) is 3.61. The Morgan fingerprint density at radius 1 is 1.39 bits per heavy atom. The van der Waals surface area contributed by atoms with Crippen molar-refractivity contribution in [3.63, 3.8) is 0 Å². The van der Waals surface area contributed by atoms with Crippen molar-refractivity contribution in [1.29, 1.82) is 0 Å². The van der Waals surface area contributed by atoms with Gasteiger partial charge in [0, 0.05) is 6.61 Å². The van der Waals surface area contributed by atoms with Gasteiger partial charge in [0.05, 0.1) is 12.0 Å². The second-order valence-corrected chi connectivity index (χ2v) is 5.48. The van der Waals surface area contributed by atoms with Gasteiger partial charge in [0.15, 0.2) is 0 Å². The fourth-order valence-electron chi connectivity index (χ4n) is 2.69. The van der Waals surface area contributed by atoms with Gasteiger partial charge in [-0.2, -0.15) is 0 Å². The third-order valence-electron chi connectivity index (χ3n) is 4.17. The molecule has 0 aromatic carbocycles. The van der Waals surface area contributed by atoms with Crippen LogP contribution in [0.1, 0.15) is 39.5 Å². The summed E-state index contributed by atoms with van der Waals surface area (Å²) in [6.45, 7) is 4.18. The highest BCUT2D eigenvalue weighted by atomic mass is 16.5. The zero-order valence-corrected chi connectivity index (χ0v) is 10.9. The number of carboxylic acid groups (broad SMARTS) is 1. The average Bonchev–Trinajstić information content (AvgIpc) is 3.07. The Morgan fingerprint density at radius 3 is 2.56 bits per heavy atom. The molecule has 0 radical (unpaired) electrons. The van der Waals surface area contributed by atoms with Crippen molar-refractivity contribution >= 4 is 11.9 Å². The van der Waals surface area contributed by atoms with E-state index in [2.05, 4.69) is 5.32 Å². The zero-order valence-electron chi connectivity index (χ0n) is 10.9. The van der Waals surface area contributed by atoms with E-state index in [9.17, 15) is 14.7 Å². The van der Waals surface area contributed by atoms with Crippen molar-refractivity contribution in [2.24, 2.45) is 11.8 Å². The summed E-state index contributed by atoms with van der Waals surface area (Å²) in [6, 6.07) is 0. The Balaban J connectivity index is 2.03. The van der Waals surface area contributed by atoms with E-state index < -0.39 is 11.5 Å². The molecule has 102 valence electrons. The van der Waals surface area contributed by atoms with Crippen LogP contribution >= 0.6 is 0 Å². The maximum Gasteiger partial charge on any atom is 0.329 e. The van der Waals surface area contributed by atoms with Crippen molar-refractivity contribution in [2.45, 2.75) is 51.2 Å². The fraction of sp³-hybridized carbons (Fsp3) is 0.846. The van der Waals surface area contributed by atoms with Gasteiger partial charge < -0.3 is 15.2 Å². The molecule has 2 aliphatic rings. The monoisotopic (exact) mass is 255 g/mol. The van der Waals surface area contributed by atoms with E-state index in [-0.39, 0.29) is 23.8 Å². The molecule has 1 heterocycles. The van der Waals surface area contributed by atoms with Crippen LogP contribution < -0.4 is 5.32 Å². The first-order valence-electron chi connectivity index (χ1n) is 6.66. The molecule has 1 aliphatic carbocycles. The summed E-state index contributed by atoms with van der Waals surface area (Å²) in [5.74, 6) is -1.24. The SMILES string of the molecule is CCC1OCCC1C(=O)NC(C)(C(=O)O)C1CC1. The van der Waals surface area contributed by atoms with E-state index >= 15 is 0 Å². The van der Waals surface area contributed by atoms with Crippen LogP contribution in [0, 0.1) is 11.8 Å². The Bertz CT molecular complexity index is 353. The van der Waals surface area contributed by atoms with Gasteiger partial charge in [0.25, 0.3) is 0 Å². The number of rotatable bonds is 5. The molecular weight excluding hydrogens is 234 g/mol. The molecule has 0 aromatic rings. The van der Waals surface area contributed by atoms with E-state index in [1.165, 1.54) is 0 Å². The molecule has 18 heavy (non-hydrogen) atoms. The molecule has 5 heteroatoms. The average molecular weight is 255 g/mol. The van der Waals surface area contributed by atoms with Crippen LogP contribution in [0.25, 0.3) is 0 Å². The maximum atomic E-state index is 12.2. The van der Waals surface area contributed by atoms with Gasteiger partial charge in [0.1, 0.15) is 5.54 Å². The standard InChI is InChI=1S/C13H21NO4/c1-3-10-9(6-7-18-10)11(15)14-13(2,12(16)17)8-4-5-8/h8-10H,3-7H2,1-2H3,(H,14,15)(H,16,17). The van der Waals surface area contributed by atoms with Crippen LogP contribution in [0.15, 0.2) is 0 Å². The number of hydrogen-bond donors (Lipinski definition) is 2. The molecule has 1 amide bonds. The van der Waals surface area contributed by atoms with Crippen molar-refractivity contribution < 1.29 is 19.4 Å². The highest BCUT2D eigenvalue weighted by Crippen LogP contribution is 2.40. The quantitative estimate of drug-likeness (QED) is 0.773. The van der Waals surface area contributed by atoms with Gasteiger partial charge in [-0.15, -0.1) is 0 Å². The Labute approximate surface area is 107 Å². The molecule has 2 rings (SSSR count). The third kappa shape index (κ3) is 2.36. The Hall–Kier alpha value is -1.10. The minimum absolute atomic E-state index is 0.0674. The number of carbonyl (C=O) groups excluding carboxylic acids is 1. The van der Waals surface area contributed by atoms with Gasteiger partial charge in [-0.25, -0.2) is 4.79 Å². The summed E-state index contributed by atoms with van der Waals surface area (Å²) in [4.78, 5) is 23.6. The third-order valence-corrected chi connectivity index (χ3v) is 4.17. The van der Waals surface area contributed by atoms with Crippen molar-refractivity contribution in [1.82, 2.24) is 5.32 Å². The Morgan fingerprint density at radius 2 is 2.06 bits per heavy atom. The summed E-state index contributed by atoms with van der Waals surface area (Å²) in [5.41, 5.74) is -1.11. The van der Waals surface area contributed by atoms with E-state index in [0.29, 0.717) is 13.0 Å². The van der Waals surface area contributed by atoms with Crippen LogP contribution in [0.5, 0.6) is 0 Å². The number of hydrogen-bond acceptors (Lipinski definition) is 3. The largest absolute Gasteiger partial charge is 0.480 e. The van der Waals surface area contributed by atoms with E-state index in [1.807, 2.05) is 6.92 Å². The van der Waals surface area contributed by atoms with Crippen LogP contribution in [-0.4, -0.2) is 35.2 Å². The number of amides is 1. The highest BCUT2D eigenvalue weighted by Gasteiger charge is 2.49. The first-order chi connectivity index (χ1) is 8.49. The molecule has 0 spiro atoms. The van der Waals surface area contributed by atoms with Gasteiger partial charge >= 0.3 is 5.97 Å². The van der Waals surface area contributed by atoms with E-state index in [0.717, 1.165) is 19.3 Å². The molecule has 2 fully saturated rings. The zero-order chi connectivity index (χ0) is 13.3. The topological polar surface area (TPSA) is 75.6 Å². The summed E-state index contributed by atoms with van der Waals surface area (Å²) in [7, 11) is 0. The van der Waals surface area contributed by atoms with Crippen LogP contribution in [0.3, 0.4) is 0 Å². The second-order valence-electron chi connectivity index (χ2n) is 5.48. The smallest absolute Gasteiger partial charge is 0.329 e. The van der Waals surface area contributed by atoms with Crippen LogP contribution in [0.2, 0.25) is 0 Å². The molecule has 0 aromatic heterocycles. The maximum absolute atomic E-state index is 12.2. The lowest BCUT2D eigenvalue weighted by molar-refractivity contribution is -0.149. The fourth-order valence-corrected chi connectivity index (χ4v) is 2.69. The summed E-state index contributed by atoms with van der Waals surface area (Å²) in [5, 5.41) is 12.1. The highest BCUT2D eigenvalue weighted by molar-refractivity contribution is 5.88. The predicted molar refractivity (Wildman–Crippen MR) is 65.0 cm³/mol. The molecule has 3 unspecified atom stereocenters. The lowest BCUT2D eigenvalue weighted by Gasteiger charge is -2.28. The normalized spacial score (nSPS) is 30.8. The molecule has 2 N–H and O–H groups in total. The molecule has 0 bridgehead atoms. The van der Waals surface area contributed by atoms with Crippen LogP contribution in [-0.2, 0) is 14.3 Å². The molecule has 3 atom stereocenters. The molecular formula is C13H21NO4. The number of carboxylic acids is 1. The lowest BCUT2D eigenvalue weighted by Crippen LogP contribution is -2.56. The summed E-state index contributed by atoms with van der Waals surface area (Å²) in [6.07, 6.45) is 3.15. The van der Waals surface area contributed by atoms with E-state index in [4.69, 9.17) is 4.74 Å². The first-order valence-corrected chi connectivity index (χ1v) is 6.66. The number of carbonyl (C=O) groups is 2. The van der Waals surface area contributed by atoms with Crippen LogP contribution in [0.4, 0.5) is 0 Å². The molecule has 5 nitrogen and oxygen atoms in total. The number of ether oxygens (including phenoxy) is 1. The van der Waals surface area contributed by atoms with Gasteiger partial charge in [-0.1, -0.05) is 6.92 Å². The number of nitrogens with one attached hydrogen (secondary N) is 1. The summed E-state index contributed by atoms with van der Waals surface area (Å²) < 4.78 is 5.48. The molecule has 1 saturated heterocycles. The molecule has 1 saturated carbocycles. The summed E-state index contributed by atoms with van der Waals surface area (Å²) >= 11 is 0. The van der Waals surface area contributed by atoms with Gasteiger partial charge in [0.2, 0.25) is 5.91 Å². The minimum atomic E-state index is -1.11. The van der Waals surface area contributed by atoms with Crippen molar-refractivity contribution in [3.8, 4) is 0 Å². The van der Waals surface area contributed by atoms with Gasteiger partial charge in [-0.05, 0) is 38.5 Å². The van der Waals surface area contributed by atoms with Crippen molar-refractivity contribution in [2.75, 3.05) is 6.61 Å². The van der Waals surface area contributed by atoms with Gasteiger partial charge in [-0.3, -0.25) is 4.79 Å². The minimum Gasteiger partial charge on any atom is -0.480 e.